The van der Waals surface area contributed by atoms with Crippen LogP contribution < -0.4 is 26.3 Å². The SMILES string of the molecule is COCCCOc1cc(CC(CC(N)C(CC(C(=O)NCC(C)(C)C(N)=O)C(C)C)OC(=O)c2ccc(CON(O)O)cc2)C(C)C)ccc1OC. The molecule has 0 radical (unpaired) electrons. The summed E-state index contributed by atoms with van der Waals surface area (Å²) >= 11 is 0. The zero-order valence-corrected chi connectivity index (χ0v) is 31.9. The molecular formula is C38H60N4O10. The second kappa shape index (κ2) is 21.7. The van der Waals surface area contributed by atoms with Gasteiger partial charge in [-0.15, -0.1) is 0 Å². The monoisotopic (exact) mass is 732 g/mol. The lowest BCUT2D eigenvalue weighted by molar-refractivity contribution is -0.497. The van der Waals surface area contributed by atoms with Gasteiger partial charge in [-0.1, -0.05) is 45.9 Å². The molecule has 2 rings (SSSR count). The summed E-state index contributed by atoms with van der Waals surface area (Å²) in [6, 6.07) is 11.5. The summed E-state index contributed by atoms with van der Waals surface area (Å²) in [4.78, 5) is 43.6. The third-order valence-corrected chi connectivity index (χ3v) is 9.27. The average molecular weight is 733 g/mol. The highest BCUT2D eigenvalue weighted by Gasteiger charge is 2.35. The highest BCUT2D eigenvalue weighted by atomic mass is 17.1. The fraction of sp³-hybridized carbons (Fsp3) is 0.605. The zero-order valence-electron chi connectivity index (χ0n) is 31.9. The first-order valence-corrected chi connectivity index (χ1v) is 17.7. The standard InChI is InChI=1S/C38H60N4O10/c1-24(2)29(18-27-12-15-32(49-8)34(19-27)50-17-9-16-48-7)20-31(39)33(21-30(25(3)4)35(43)41-23-38(5,6)37(40)45)52-36(44)28-13-10-26(11-14-28)22-51-42(46)47/h10-15,19,24-25,29-31,33,46-47H,9,16-18,20-23,39H2,1-8H3,(H2,40,45)(H,41,43). The van der Waals surface area contributed by atoms with Crippen LogP contribution in [0.2, 0.25) is 0 Å². The van der Waals surface area contributed by atoms with Crippen LogP contribution in [0.3, 0.4) is 0 Å². The van der Waals surface area contributed by atoms with Crippen molar-refractivity contribution in [3.63, 3.8) is 0 Å². The number of hydrogen-bond acceptors (Lipinski definition) is 12. The van der Waals surface area contributed by atoms with Gasteiger partial charge in [0.05, 0.1) is 36.7 Å². The number of esters is 1. The molecule has 0 aliphatic carbocycles. The Kier molecular flexibility index (Phi) is 18.5. The molecule has 0 aliphatic rings. The molecule has 0 spiro atoms. The molecular weight excluding hydrogens is 672 g/mol. The van der Waals surface area contributed by atoms with Crippen molar-refractivity contribution < 1.29 is 48.6 Å². The third-order valence-electron chi connectivity index (χ3n) is 9.27. The number of hydrogen-bond donors (Lipinski definition) is 5. The van der Waals surface area contributed by atoms with E-state index in [1.165, 1.54) is 12.1 Å². The Bertz CT molecular complexity index is 1400. The highest BCUT2D eigenvalue weighted by Crippen LogP contribution is 2.32. The van der Waals surface area contributed by atoms with E-state index in [0.29, 0.717) is 43.1 Å². The minimum absolute atomic E-state index is 0.0522. The van der Waals surface area contributed by atoms with Gasteiger partial charge in [-0.2, -0.15) is 0 Å². The molecule has 2 aromatic rings. The van der Waals surface area contributed by atoms with Gasteiger partial charge in [-0.3, -0.25) is 20.0 Å². The van der Waals surface area contributed by atoms with E-state index in [1.54, 1.807) is 40.2 Å². The normalized spacial score (nSPS) is 14.2. The Hall–Kier alpha value is -3.79. The summed E-state index contributed by atoms with van der Waals surface area (Å²) in [5.74, 6) is -0.636. The summed E-state index contributed by atoms with van der Waals surface area (Å²) in [6.45, 7) is 12.3. The Morgan fingerprint density at radius 1 is 0.904 bits per heavy atom. The van der Waals surface area contributed by atoms with Gasteiger partial charge >= 0.3 is 5.97 Å². The first-order chi connectivity index (χ1) is 24.5. The molecule has 0 bridgehead atoms. The van der Waals surface area contributed by atoms with Crippen molar-refractivity contribution in [3.05, 3.63) is 59.2 Å². The Balaban J connectivity index is 2.36. The predicted octanol–water partition coefficient (Wildman–Crippen LogP) is 4.67. The maximum absolute atomic E-state index is 13.6. The van der Waals surface area contributed by atoms with Crippen LogP contribution in [-0.2, 0) is 36.9 Å². The first kappa shape index (κ1) is 44.4. The largest absolute Gasteiger partial charge is 0.493 e. The highest BCUT2D eigenvalue weighted by molar-refractivity contribution is 5.89. The van der Waals surface area contributed by atoms with Crippen molar-refractivity contribution in [2.24, 2.45) is 40.6 Å². The van der Waals surface area contributed by atoms with E-state index in [2.05, 4.69) is 24.0 Å². The second-order valence-electron chi connectivity index (χ2n) is 14.5. The Morgan fingerprint density at radius 2 is 1.56 bits per heavy atom. The molecule has 0 saturated carbocycles. The molecule has 2 aromatic carbocycles. The van der Waals surface area contributed by atoms with Gasteiger partial charge in [0.1, 0.15) is 6.10 Å². The lowest BCUT2D eigenvalue weighted by Crippen LogP contribution is -2.47. The Morgan fingerprint density at radius 3 is 2.12 bits per heavy atom. The summed E-state index contributed by atoms with van der Waals surface area (Å²) in [7, 11) is 3.25. The van der Waals surface area contributed by atoms with E-state index < -0.39 is 35.4 Å². The minimum Gasteiger partial charge on any atom is -0.493 e. The van der Waals surface area contributed by atoms with Gasteiger partial charge in [0.2, 0.25) is 11.8 Å². The minimum atomic E-state index is -0.954. The number of nitrogens with zero attached hydrogens (tertiary/aromatic N) is 1. The van der Waals surface area contributed by atoms with E-state index in [-0.39, 0.29) is 54.2 Å². The zero-order chi connectivity index (χ0) is 39.0. The lowest BCUT2D eigenvalue weighted by atomic mass is 9.80. The van der Waals surface area contributed by atoms with Crippen LogP contribution in [0.4, 0.5) is 0 Å². The van der Waals surface area contributed by atoms with E-state index in [9.17, 15) is 14.4 Å². The maximum atomic E-state index is 13.6. The van der Waals surface area contributed by atoms with Gasteiger partial charge < -0.3 is 35.7 Å². The summed E-state index contributed by atoms with van der Waals surface area (Å²) < 4.78 is 22.8. The van der Waals surface area contributed by atoms with Crippen LogP contribution in [0.1, 0.15) is 82.3 Å². The number of carbonyl (C=O) groups is 3. The number of ether oxygens (including phenoxy) is 4. The molecule has 0 saturated heterocycles. The van der Waals surface area contributed by atoms with Crippen LogP contribution in [0, 0.1) is 29.1 Å². The Labute approximate surface area is 307 Å². The fourth-order valence-corrected chi connectivity index (χ4v) is 5.59. The average Bonchev–Trinajstić information content (AvgIpc) is 3.09. The number of nitrogens with one attached hydrogen (secondary N) is 1. The fourth-order valence-electron chi connectivity index (χ4n) is 5.59. The van der Waals surface area contributed by atoms with E-state index in [1.807, 2.05) is 32.0 Å². The quantitative estimate of drug-likeness (QED) is 0.0568. The van der Waals surface area contributed by atoms with Gasteiger partial charge in [-0.25, -0.2) is 9.63 Å². The van der Waals surface area contributed by atoms with E-state index in [4.69, 9.17) is 40.8 Å². The molecule has 0 heterocycles. The molecule has 4 atom stereocenters. The molecule has 4 unspecified atom stereocenters. The van der Waals surface area contributed by atoms with E-state index in [0.717, 1.165) is 12.0 Å². The van der Waals surface area contributed by atoms with Crippen molar-refractivity contribution >= 4 is 17.8 Å². The van der Waals surface area contributed by atoms with Crippen LogP contribution in [0.5, 0.6) is 11.5 Å². The number of benzene rings is 2. The molecule has 52 heavy (non-hydrogen) atoms. The smallest absolute Gasteiger partial charge is 0.338 e. The van der Waals surface area contributed by atoms with Crippen molar-refractivity contribution in [2.75, 3.05) is 34.0 Å². The molecule has 14 heteroatoms. The van der Waals surface area contributed by atoms with Crippen LogP contribution in [0.15, 0.2) is 42.5 Å². The second-order valence-corrected chi connectivity index (χ2v) is 14.5. The van der Waals surface area contributed by atoms with E-state index >= 15 is 0 Å². The number of primary amides is 1. The van der Waals surface area contributed by atoms with Crippen molar-refractivity contribution in [2.45, 2.75) is 86.0 Å². The van der Waals surface area contributed by atoms with Gasteiger partial charge in [0.15, 0.2) is 11.5 Å². The summed E-state index contributed by atoms with van der Waals surface area (Å²) in [6.07, 6.45) is 1.20. The topological polar surface area (TPSA) is 205 Å². The van der Waals surface area contributed by atoms with Crippen LogP contribution in [0.25, 0.3) is 0 Å². The molecule has 292 valence electrons. The predicted molar refractivity (Wildman–Crippen MR) is 194 cm³/mol. The molecule has 14 nitrogen and oxygen atoms in total. The number of methoxy groups -OCH3 is 2. The van der Waals surface area contributed by atoms with Gasteiger partial charge in [0, 0.05) is 38.6 Å². The maximum Gasteiger partial charge on any atom is 0.338 e. The number of nitrogens with two attached hydrogens (primary N) is 2. The van der Waals surface area contributed by atoms with Crippen LogP contribution >= 0.6 is 0 Å². The molecule has 0 fully saturated rings. The number of amides is 2. The van der Waals surface area contributed by atoms with Crippen molar-refractivity contribution in [1.82, 2.24) is 10.7 Å². The van der Waals surface area contributed by atoms with Crippen LogP contribution in [-0.4, -0.2) is 79.7 Å². The number of carbonyl (C=O) groups excluding carboxylic acids is 3. The molecule has 7 N–H and O–H groups in total. The first-order valence-electron chi connectivity index (χ1n) is 17.7. The summed E-state index contributed by atoms with van der Waals surface area (Å²) in [5.41, 5.74) is 13.4. The molecule has 0 aromatic heterocycles. The van der Waals surface area contributed by atoms with Gasteiger partial charge in [-0.05, 0) is 86.3 Å². The third kappa shape index (κ3) is 14.7. The summed E-state index contributed by atoms with van der Waals surface area (Å²) in [5, 5.41) is 20.1. The van der Waals surface area contributed by atoms with Crippen molar-refractivity contribution in [3.8, 4) is 11.5 Å². The molecule has 2 amide bonds. The number of rotatable bonds is 24. The van der Waals surface area contributed by atoms with Gasteiger partial charge in [0.25, 0.3) is 0 Å². The molecule has 0 aliphatic heterocycles. The van der Waals surface area contributed by atoms with Crippen molar-refractivity contribution in [1.29, 1.82) is 0 Å². The lowest BCUT2D eigenvalue weighted by Gasteiger charge is -2.33.